The SMILES string of the molecule is CCc1cc(NC2CC(=O)N(C3CC3)C2)nc(-c2ccc([N+](=O)[O-])cc2)n1. The van der Waals surface area contributed by atoms with Crippen LogP contribution in [0.2, 0.25) is 0 Å². The molecule has 140 valence electrons. The molecule has 1 saturated heterocycles. The molecular formula is C19H21N5O3. The minimum Gasteiger partial charge on any atom is -0.365 e. The zero-order chi connectivity index (χ0) is 19.0. The molecule has 1 aromatic heterocycles. The number of nitro benzene ring substituents is 1. The van der Waals surface area contributed by atoms with E-state index in [9.17, 15) is 14.9 Å². The molecule has 2 heterocycles. The molecule has 4 rings (SSSR count). The average Bonchev–Trinajstić information content (AvgIpc) is 3.44. The van der Waals surface area contributed by atoms with Crippen molar-refractivity contribution in [2.24, 2.45) is 0 Å². The van der Waals surface area contributed by atoms with Gasteiger partial charge in [0.05, 0.1) is 11.0 Å². The van der Waals surface area contributed by atoms with Crippen molar-refractivity contribution in [2.45, 2.75) is 44.7 Å². The van der Waals surface area contributed by atoms with Gasteiger partial charge in [-0.3, -0.25) is 14.9 Å². The van der Waals surface area contributed by atoms with Crippen LogP contribution in [-0.4, -0.2) is 44.3 Å². The Hall–Kier alpha value is -3.03. The fourth-order valence-corrected chi connectivity index (χ4v) is 3.39. The number of aromatic nitrogens is 2. The molecule has 1 unspecified atom stereocenters. The molecule has 1 aromatic carbocycles. The van der Waals surface area contributed by atoms with E-state index in [0.29, 0.717) is 30.6 Å². The van der Waals surface area contributed by atoms with Crippen LogP contribution in [0.15, 0.2) is 30.3 Å². The summed E-state index contributed by atoms with van der Waals surface area (Å²) in [6, 6.07) is 8.59. The van der Waals surface area contributed by atoms with Gasteiger partial charge in [-0.2, -0.15) is 0 Å². The molecule has 1 aliphatic carbocycles. The number of hydrogen-bond acceptors (Lipinski definition) is 6. The van der Waals surface area contributed by atoms with Crippen molar-refractivity contribution in [3.63, 3.8) is 0 Å². The number of likely N-dealkylation sites (tertiary alicyclic amines) is 1. The van der Waals surface area contributed by atoms with Gasteiger partial charge in [0.25, 0.3) is 5.69 Å². The molecule has 2 aliphatic rings. The Balaban J connectivity index is 1.55. The van der Waals surface area contributed by atoms with Gasteiger partial charge in [0, 0.05) is 48.5 Å². The van der Waals surface area contributed by atoms with E-state index in [-0.39, 0.29) is 17.6 Å². The number of nitrogens with zero attached hydrogens (tertiary/aromatic N) is 4. The van der Waals surface area contributed by atoms with Crippen molar-refractivity contribution in [2.75, 3.05) is 11.9 Å². The van der Waals surface area contributed by atoms with Gasteiger partial charge >= 0.3 is 0 Å². The van der Waals surface area contributed by atoms with Crippen LogP contribution < -0.4 is 5.32 Å². The topological polar surface area (TPSA) is 101 Å². The van der Waals surface area contributed by atoms with Crippen molar-refractivity contribution in [1.82, 2.24) is 14.9 Å². The van der Waals surface area contributed by atoms with Crippen molar-refractivity contribution in [1.29, 1.82) is 0 Å². The predicted molar refractivity (Wildman–Crippen MR) is 100 cm³/mol. The highest BCUT2D eigenvalue weighted by Gasteiger charge is 2.39. The van der Waals surface area contributed by atoms with Gasteiger partial charge in [0.1, 0.15) is 5.82 Å². The molecule has 1 amide bonds. The molecule has 27 heavy (non-hydrogen) atoms. The Bertz CT molecular complexity index is 879. The smallest absolute Gasteiger partial charge is 0.269 e. The molecule has 1 saturated carbocycles. The van der Waals surface area contributed by atoms with Crippen LogP contribution >= 0.6 is 0 Å². The largest absolute Gasteiger partial charge is 0.365 e. The number of aryl methyl sites for hydroxylation is 1. The van der Waals surface area contributed by atoms with Crippen LogP contribution in [0, 0.1) is 10.1 Å². The van der Waals surface area contributed by atoms with Crippen LogP contribution in [0.25, 0.3) is 11.4 Å². The molecule has 0 spiro atoms. The van der Waals surface area contributed by atoms with Gasteiger partial charge in [-0.1, -0.05) is 6.92 Å². The van der Waals surface area contributed by atoms with Crippen molar-refractivity contribution in [3.8, 4) is 11.4 Å². The summed E-state index contributed by atoms with van der Waals surface area (Å²) < 4.78 is 0. The predicted octanol–water partition coefficient (Wildman–Crippen LogP) is 2.79. The summed E-state index contributed by atoms with van der Waals surface area (Å²) in [6.45, 7) is 2.72. The lowest BCUT2D eigenvalue weighted by molar-refractivity contribution is -0.384. The summed E-state index contributed by atoms with van der Waals surface area (Å²) in [7, 11) is 0. The number of amides is 1. The third-order valence-electron chi connectivity index (χ3n) is 4.98. The molecule has 8 heteroatoms. The Morgan fingerprint density at radius 3 is 2.63 bits per heavy atom. The third-order valence-corrected chi connectivity index (χ3v) is 4.98. The van der Waals surface area contributed by atoms with Gasteiger partial charge in [-0.05, 0) is 31.4 Å². The van der Waals surface area contributed by atoms with Crippen LogP contribution in [0.1, 0.15) is 31.9 Å². The molecule has 2 fully saturated rings. The van der Waals surface area contributed by atoms with Crippen LogP contribution in [0.3, 0.4) is 0 Å². The fourth-order valence-electron chi connectivity index (χ4n) is 3.39. The van der Waals surface area contributed by atoms with Gasteiger partial charge in [-0.25, -0.2) is 9.97 Å². The number of carbonyl (C=O) groups excluding carboxylic acids is 1. The normalized spacial score (nSPS) is 19.4. The highest BCUT2D eigenvalue weighted by atomic mass is 16.6. The molecular weight excluding hydrogens is 346 g/mol. The molecule has 2 aromatic rings. The van der Waals surface area contributed by atoms with Crippen molar-refractivity contribution in [3.05, 3.63) is 46.1 Å². The Kier molecular flexibility index (Phi) is 4.47. The zero-order valence-corrected chi connectivity index (χ0v) is 15.1. The molecule has 1 aliphatic heterocycles. The summed E-state index contributed by atoms with van der Waals surface area (Å²) in [6.07, 6.45) is 3.44. The third kappa shape index (κ3) is 3.74. The van der Waals surface area contributed by atoms with E-state index in [1.165, 1.54) is 12.1 Å². The first kappa shape index (κ1) is 17.4. The van der Waals surface area contributed by atoms with E-state index in [2.05, 4.69) is 15.3 Å². The van der Waals surface area contributed by atoms with Gasteiger partial charge in [-0.15, -0.1) is 0 Å². The number of benzene rings is 1. The number of non-ortho nitro benzene ring substituents is 1. The first-order valence-corrected chi connectivity index (χ1v) is 9.22. The zero-order valence-electron chi connectivity index (χ0n) is 15.1. The average molecular weight is 367 g/mol. The van der Waals surface area contributed by atoms with E-state index < -0.39 is 4.92 Å². The minimum atomic E-state index is -0.428. The second kappa shape index (κ2) is 6.94. The highest BCUT2D eigenvalue weighted by molar-refractivity contribution is 5.80. The van der Waals surface area contributed by atoms with Crippen LogP contribution in [0.4, 0.5) is 11.5 Å². The highest BCUT2D eigenvalue weighted by Crippen LogP contribution is 2.31. The first-order chi connectivity index (χ1) is 13.0. The number of rotatable bonds is 6. The van der Waals surface area contributed by atoms with E-state index in [4.69, 9.17) is 0 Å². The van der Waals surface area contributed by atoms with Crippen LogP contribution in [-0.2, 0) is 11.2 Å². The van der Waals surface area contributed by atoms with Gasteiger partial charge in [0.2, 0.25) is 5.91 Å². The Morgan fingerprint density at radius 2 is 2.00 bits per heavy atom. The number of nitro groups is 1. The number of nitrogens with one attached hydrogen (secondary N) is 1. The van der Waals surface area contributed by atoms with E-state index in [0.717, 1.165) is 30.5 Å². The molecule has 1 N–H and O–H groups in total. The van der Waals surface area contributed by atoms with Gasteiger partial charge in [0.15, 0.2) is 5.82 Å². The molecule has 0 bridgehead atoms. The minimum absolute atomic E-state index is 0.0355. The van der Waals surface area contributed by atoms with Gasteiger partial charge < -0.3 is 10.2 Å². The van der Waals surface area contributed by atoms with E-state index in [1.54, 1.807) is 12.1 Å². The lowest BCUT2D eigenvalue weighted by Crippen LogP contribution is -2.30. The molecule has 8 nitrogen and oxygen atoms in total. The Labute approximate surface area is 156 Å². The van der Waals surface area contributed by atoms with Crippen molar-refractivity contribution >= 4 is 17.4 Å². The molecule has 1 atom stereocenters. The monoisotopic (exact) mass is 367 g/mol. The molecule has 0 radical (unpaired) electrons. The summed E-state index contributed by atoms with van der Waals surface area (Å²) in [5.41, 5.74) is 1.64. The standard InChI is InChI=1S/C19H21N5O3/c1-2-13-9-17(20-14-10-18(25)23(11-14)15-7-8-15)22-19(21-13)12-3-5-16(6-4-12)24(26)27/h3-6,9,14-15H,2,7-8,10-11H2,1H3,(H,20,21,22). The van der Waals surface area contributed by atoms with E-state index >= 15 is 0 Å². The Morgan fingerprint density at radius 1 is 1.26 bits per heavy atom. The summed E-state index contributed by atoms with van der Waals surface area (Å²) in [5, 5.41) is 14.2. The quantitative estimate of drug-likeness (QED) is 0.622. The van der Waals surface area contributed by atoms with E-state index in [1.807, 2.05) is 17.9 Å². The first-order valence-electron chi connectivity index (χ1n) is 9.22. The fraction of sp³-hybridized carbons (Fsp3) is 0.421. The van der Waals surface area contributed by atoms with Crippen LogP contribution in [0.5, 0.6) is 0 Å². The number of carbonyl (C=O) groups is 1. The summed E-state index contributed by atoms with van der Waals surface area (Å²) >= 11 is 0. The number of anilines is 1. The second-order valence-corrected chi connectivity index (χ2v) is 7.05. The maximum Gasteiger partial charge on any atom is 0.269 e. The number of hydrogen-bond donors (Lipinski definition) is 1. The summed E-state index contributed by atoms with van der Waals surface area (Å²) in [4.78, 5) is 33.6. The summed E-state index contributed by atoms with van der Waals surface area (Å²) in [5.74, 6) is 1.41. The van der Waals surface area contributed by atoms with Crippen molar-refractivity contribution < 1.29 is 9.72 Å². The maximum atomic E-state index is 12.2. The second-order valence-electron chi connectivity index (χ2n) is 7.05. The lowest BCUT2D eigenvalue weighted by Gasteiger charge is -2.17. The lowest BCUT2D eigenvalue weighted by atomic mass is 10.2. The maximum absolute atomic E-state index is 12.2.